The van der Waals surface area contributed by atoms with Crippen molar-refractivity contribution in [3.63, 3.8) is 0 Å². The summed E-state index contributed by atoms with van der Waals surface area (Å²) in [6, 6.07) is 12.0. The molecule has 0 spiro atoms. The minimum atomic E-state index is -0.497. The number of anilines is 2. The van der Waals surface area contributed by atoms with Gasteiger partial charge in [-0.1, -0.05) is 23.7 Å². The summed E-state index contributed by atoms with van der Waals surface area (Å²) in [7, 11) is 1.55. The monoisotopic (exact) mass is 375 g/mol. The standard InChI is InChI=1S/C19H22ClN3O3/c1-12(19(25)21-11-14-4-6-15(20)7-5-14)22-17-10-16(23-13(2)24)8-9-18(17)26-3/h4-10,12,22H,11H2,1-3H3,(H,21,25)(H,23,24). The summed E-state index contributed by atoms with van der Waals surface area (Å²) in [6.45, 7) is 3.59. The second-order valence-electron chi connectivity index (χ2n) is 5.81. The number of carbonyl (C=O) groups is 2. The van der Waals surface area contributed by atoms with Gasteiger partial charge in [-0.25, -0.2) is 0 Å². The Morgan fingerprint density at radius 2 is 1.85 bits per heavy atom. The number of methoxy groups -OCH3 is 1. The third kappa shape index (κ3) is 5.67. The maximum atomic E-state index is 12.3. The van der Waals surface area contributed by atoms with E-state index in [0.717, 1.165) is 5.56 Å². The lowest BCUT2D eigenvalue weighted by Crippen LogP contribution is -2.37. The van der Waals surface area contributed by atoms with Gasteiger partial charge in [0.25, 0.3) is 0 Å². The molecule has 138 valence electrons. The largest absolute Gasteiger partial charge is 0.495 e. The van der Waals surface area contributed by atoms with Gasteiger partial charge in [0.1, 0.15) is 11.8 Å². The van der Waals surface area contributed by atoms with E-state index >= 15 is 0 Å². The highest BCUT2D eigenvalue weighted by molar-refractivity contribution is 6.30. The first kappa shape index (κ1) is 19.6. The summed E-state index contributed by atoms with van der Waals surface area (Å²) >= 11 is 5.85. The van der Waals surface area contributed by atoms with E-state index < -0.39 is 6.04 Å². The quantitative estimate of drug-likeness (QED) is 0.692. The smallest absolute Gasteiger partial charge is 0.242 e. The number of amides is 2. The van der Waals surface area contributed by atoms with E-state index in [4.69, 9.17) is 16.3 Å². The van der Waals surface area contributed by atoms with Crippen molar-refractivity contribution in [2.24, 2.45) is 0 Å². The first-order chi connectivity index (χ1) is 12.4. The fraction of sp³-hybridized carbons (Fsp3) is 0.263. The highest BCUT2D eigenvalue weighted by Crippen LogP contribution is 2.28. The highest BCUT2D eigenvalue weighted by atomic mass is 35.5. The van der Waals surface area contributed by atoms with E-state index in [1.807, 2.05) is 12.1 Å². The van der Waals surface area contributed by atoms with Gasteiger partial charge in [-0.2, -0.15) is 0 Å². The summed E-state index contributed by atoms with van der Waals surface area (Å²) < 4.78 is 5.31. The Hall–Kier alpha value is -2.73. The zero-order valence-electron chi connectivity index (χ0n) is 14.9. The van der Waals surface area contributed by atoms with Gasteiger partial charge in [-0.3, -0.25) is 9.59 Å². The molecule has 3 N–H and O–H groups in total. The molecule has 6 nitrogen and oxygen atoms in total. The molecule has 0 bridgehead atoms. The molecule has 26 heavy (non-hydrogen) atoms. The van der Waals surface area contributed by atoms with Crippen LogP contribution < -0.4 is 20.7 Å². The van der Waals surface area contributed by atoms with E-state index in [2.05, 4.69) is 16.0 Å². The van der Waals surface area contributed by atoms with Gasteiger partial charge in [0.15, 0.2) is 0 Å². The number of halogens is 1. The van der Waals surface area contributed by atoms with Crippen LogP contribution >= 0.6 is 11.6 Å². The number of ether oxygens (including phenoxy) is 1. The summed E-state index contributed by atoms with van der Waals surface area (Å²) in [5.41, 5.74) is 2.20. The molecular weight excluding hydrogens is 354 g/mol. The minimum Gasteiger partial charge on any atom is -0.495 e. The molecule has 0 aliphatic rings. The van der Waals surface area contributed by atoms with E-state index in [1.54, 1.807) is 44.4 Å². The van der Waals surface area contributed by atoms with Crippen LogP contribution in [0.5, 0.6) is 5.75 Å². The summed E-state index contributed by atoms with van der Waals surface area (Å²) in [5, 5.41) is 9.34. The lowest BCUT2D eigenvalue weighted by Gasteiger charge is -2.18. The Kier molecular flexibility index (Phi) is 6.86. The van der Waals surface area contributed by atoms with Crippen molar-refractivity contribution in [1.82, 2.24) is 5.32 Å². The Morgan fingerprint density at radius 3 is 2.46 bits per heavy atom. The van der Waals surface area contributed by atoms with E-state index in [0.29, 0.717) is 28.7 Å². The van der Waals surface area contributed by atoms with Crippen LogP contribution in [0.15, 0.2) is 42.5 Å². The number of benzene rings is 2. The predicted octanol–water partition coefficient (Wildman–Crippen LogP) is 3.42. The van der Waals surface area contributed by atoms with Crippen molar-refractivity contribution in [1.29, 1.82) is 0 Å². The third-order valence-electron chi connectivity index (χ3n) is 3.67. The molecule has 0 aliphatic carbocycles. The van der Waals surface area contributed by atoms with Gasteiger partial charge >= 0.3 is 0 Å². The van der Waals surface area contributed by atoms with Crippen molar-refractivity contribution in [3.05, 3.63) is 53.1 Å². The molecule has 0 saturated carbocycles. The van der Waals surface area contributed by atoms with Crippen LogP contribution in [0.1, 0.15) is 19.4 Å². The van der Waals surface area contributed by atoms with Crippen LogP contribution in [0.4, 0.5) is 11.4 Å². The van der Waals surface area contributed by atoms with Crippen molar-refractivity contribution in [2.75, 3.05) is 17.7 Å². The van der Waals surface area contributed by atoms with Gasteiger partial charge < -0.3 is 20.7 Å². The fourth-order valence-electron chi connectivity index (χ4n) is 2.35. The Morgan fingerprint density at radius 1 is 1.15 bits per heavy atom. The molecule has 0 saturated heterocycles. The molecule has 0 fully saturated rings. The van der Waals surface area contributed by atoms with E-state index in [-0.39, 0.29) is 11.8 Å². The molecule has 0 radical (unpaired) electrons. The Bertz CT molecular complexity index is 778. The topological polar surface area (TPSA) is 79.5 Å². The summed E-state index contributed by atoms with van der Waals surface area (Å²) in [4.78, 5) is 23.6. The van der Waals surface area contributed by atoms with Crippen LogP contribution in [-0.4, -0.2) is 25.0 Å². The van der Waals surface area contributed by atoms with Gasteiger partial charge in [-0.15, -0.1) is 0 Å². The maximum Gasteiger partial charge on any atom is 0.242 e. The zero-order valence-corrected chi connectivity index (χ0v) is 15.7. The number of nitrogens with one attached hydrogen (secondary N) is 3. The second kappa shape index (κ2) is 9.10. The molecule has 2 rings (SSSR count). The van der Waals surface area contributed by atoms with Gasteiger partial charge in [0, 0.05) is 24.2 Å². The van der Waals surface area contributed by atoms with Crippen LogP contribution in [0, 0.1) is 0 Å². The number of rotatable bonds is 7. The molecule has 2 aromatic rings. The molecule has 0 aromatic heterocycles. The number of hydrogen-bond acceptors (Lipinski definition) is 4. The molecule has 2 aromatic carbocycles. The van der Waals surface area contributed by atoms with Crippen molar-refractivity contribution >= 4 is 34.8 Å². The van der Waals surface area contributed by atoms with Crippen LogP contribution in [0.25, 0.3) is 0 Å². The normalized spacial score (nSPS) is 11.4. The molecule has 0 heterocycles. The minimum absolute atomic E-state index is 0.160. The third-order valence-corrected chi connectivity index (χ3v) is 3.92. The Labute approximate surface area is 157 Å². The molecular formula is C19H22ClN3O3. The lowest BCUT2D eigenvalue weighted by atomic mass is 10.2. The second-order valence-corrected chi connectivity index (χ2v) is 6.24. The average Bonchev–Trinajstić information content (AvgIpc) is 2.60. The first-order valence-corrected chi connectivity index (χ1v) is 8.51. The fourth-order valence-corrected chi connectivity index (χ4v) is 2.47. The zero-order chi connectivity index (χ0) is 19.1. The van der Waals surface area contributed by atoms with Crippen LogP contribution in [0.2, 0.25) is 5.02 Å². The molecule has 1 atom stereocenters. The van der Waals surface area contributed by atoms with E-state index in [9.17, 15) is 9.59 Å². The number of hydrogen-bond donors (Lipinski definition) is 3. The molecule has 7 heteroatoms. The summed E-state index contributed by atoms with van der Waals surface area (Å²) in [5.74, 6) is 0.248. The average molecular weight is 376 g/mol. The van der Waals surface area contributed by atoms with Gasteiger partial charge in [0.2, 0.25) is 11.8 Å². The molecule has 1 unspecified atom stereocenters. The van der Waals surface area contributed by atoms with Crippen molar-refractivity contribution in [3.8, 4) is 5.75 Å². The summed E-state index contributed by atoms with van der Waals surface area (Å²) in [6.07, 6.45) is 0. The van der Waals surface area contributed by atoms with Crippen LogP contribution in [0.3, 0.4) is 0 Å². The predicted molar refractivity (Wildman–Crippen MR) is 104 cm³/mol. The Balaban J connectivity index is 2.00. The molecule has 2 amide bonds. The van der Waals surface area contributed by atoms with Crippen molar-refractivity contribution < 1.29 is 14.3 Å². The lowest BCUT2D eigenvalue weighted by molar-refractivity contribution is -0.121. The SMILES string of the molecule is COc1ccc(NC(C)=O)cc1NC(C)C(=O)NCc1ccc(Cl)cc1. The van der Waals surface area contributed by atoms with Gasteiger partial charge in [-0.05, 0) is 42.8 Å². The van der Waals surface area contributed by atoms with Crippen LogP contribution in [-0.2, 0) is 16.1 Å². The number of carbonyl (C=O) groups excluding carboxylic acids is 2. The first-order valence-electron chi connectivity index (χ1n) is 8.13. The van der Waals surface area contributed by atoms with E-state index in [1.165, 1.54) is 6.92 Å². The van der Waals surface area contributed by atoms with Crippen molar-refractivity contribution in [2.45, 2.75) is 26.4 Å². The maximum absolute atomic E-state index is 12.3. The highest BCUT2D eigenvalue weighted by Gasteiger charge is 2.15. The molecule has 0 aliphatic heterocycles. The van der Waals surface area contributed by atoms with Gasteiger partial charge in [0.05, 0.1) is 12.8 Å².